The first-order valence-electron chi connectivity index (χ1n) is 30.8. The van der Waals surface area contributed by atoms with Crippen molar-refractivity contribution in [3.63, 3.8) is 0 Å². The Morgan fingerprint density at radius 3 is 0.739 bits per heavy atom. The minimum Gasteiger partial charge on any atom is -0.461 e. The molecule has 0 fully saturated rings. The highest BCUT2D eigenvalue weighted by molar-refractivity contribution is 5.72. The molecule has 8 bridgehead atoms. The second-order valence-corrected chi connectivity index (χ2v) is 23.0. The van der Waals surface area contributed by atoms with Gasteiger partial charge < -0.3 is 61.8 Å². The molecule has 12 N–H and O–H groups in total. The van der Waals surface area contributed by atoms with Crippen LogP contribution in [0.15, 0.2) is 98.1 Å². The number of carbonyl (C=O) groups excluding carboxylic acids is 4. The average molecular weight is 1200 g/mol. The highest BCUT2D eigenvalue weighted by Gasteiger charge is 2.27. The molecule has 0 saturated heterocycles. The van der Waals surface area contributed by atoms with Gasteiger partial charge in [-0.3, -0.25) is 19.2 Å². The molecule has 464 valence electrons. The maximum atomic E-state index is 13.7. The molecular weight excluding hydrogens is 1110 g/mol. The quantitative estimate of drug-likeness (QED) is 0.0190. The van der Waals surface area contributed by atoms with Gasteiger partial charge in [0.15, 0.2) is 75.8 Å². The van der Waals surface area contributed by atoms with Gasteiger partial charge in [-0.05, 0) is 97.9 Å². The summed E-state index contributed by atoms with van der Waals surface area (Å²) in [7, 11) is 0. The molecule has 1 aliphatic rings. The molecule has 0 radical (unpaired) electrons. The molecule has 88 heavy (non-hydrogen) atoms. The van der Waals surface area contributed by atoms with Gasteiger partial charge in [0, 0.05) is 168 Å². The molecule has 0 amide bonds. The fourth-order valence-corrected chi connectivity index (χ4v) is 11.8. The van der Waals surface area contributed by atoms with Gasteiger partial charge in [-0.25, -0.2) is 18.3 Å². The summed E-state index contributed by atoms with van der Waals surface area (Å²) in [5, 5.41) is 0. The maximum absolute atomic E-state index is 13.7. The van der Waals surface area contributed by atoms with Crippen molar-refractivity contribution in [1.29, 1.82) is 0 Å². The number of nitrogens with one attached hydrogen (secondary N) is 4. The minimum absolute atomic E-state index is 0.149. The Morgan fingerprint density at radius 2 is 0.534 bits per heavy atom. The fraction of sp³-hybridized carbons (Fsp3) is 0.412. The van der Waals surface area contributed by atoms with Crippen LogP contribution in [-0.4, -0.2) is 70.0 Å². The molecule has 9 heterocycles. The standard InChI is InChI=1S/C68H88N12O8/c1-45-53(5-9-65(81)85-41-49-13-25-77(26-14-49)33-21-69)61-38-59-47(3)54(6-10-66(82)86-42-50-15-27-78(28-16-50)34-22-70)62(75-59)39-60-48(4)56(8-12-68(84)88-44-52-19-31-80(32-20-52)36-24-72)64(76-60)40-63-55(46(2)58(74-63)37-57(45)73-61)7-11-67(83)87-43-51-17-29-79(30-18-51)35-23-71/h13-20,25-32,73-76H,5-12,21-24,33-44,69-72H2,1-4H3/q+4. The van der Waals surface area contributed by atoms with Crippen LogP contribution in [0.3, 0.4) is 0 Å². The number of esters is 4. The summed E-state index contributed by atoms with van der Waals surface area (Å²) in [4.78, 5) is 70.0. The van der Waals surface area contributed by atoms with Crippen LogP contribution >= 0.6 is 0 Å². The van der Waals surface area contributed by atoms with Crippen LogP contribution in [0.1, 0.15) is 138 Å². The summed E-state index contributed by atoms with van der Waals surface area (Å²) < 4.78 is 31.4. The van der Waals surface area contributed by atoms with Gasteiger partial charge in [-0.1, -0.05) is 0 Å². The van der Waals surface area contributed by atoms with E-state index in [1.54, 1.807) is 0 Å². The third-order valence-electron chi connectivity index (χ3n) is 17.0. The minimum atomic E-state index is -0.311. The van der Waals surface area contributed by atoms with Gasteiger partial charge in [0.25, 0.3) is 0 Å². The monoisotopic (exact) mass is 1200 g/mol. The molecule has 0 aromatic carbocycles. The Balaban J connectivity index is 1.03. The summed E-state index contributed by atoms with van der Waals surface area (Å²) in [5.74, 6) is -1.22. The first kappa shape index (κ1) is 63.9. The second kappa shape index (κ2) is 30.9. The number of H-pyrrole nitrogens is 4. The lowest BCUT2D eigenvalue weighted by molar-refractivity contribution is -0.694. The summed E-state index contributed by atoms with van der Waals surface area (Å²) in [6.07, 6.45) is 19.8. The summed E-state index contributed by atoms with van der Waals surface area (Å²) >= 11 is 0. The van der Waals surface area contributed by atoms with Gasteiger partial charge in [-0.15, -0.1) is 0 Å². The number of aromatic nitrogens is 8. The largest absolute Gasteiger partial charge is 0.461 e. The molecule has 9 rings (SSSR count). The molecule has 0 spiro atoms. The molecule has 20 nitrogen and oxygen atoms in total. The van der Waals surface area contributed by atoms with Crippen molar-refractivity contribution < 1.29 is 56.4 Å². The number of pyridine rings is 4. The lowest BCUT2D eigenvalue weighted by atomic mass is 9.96. The average Bonchev–Trinajstić information content (AvgIpc) is 2.02. The van der Waals surface area contributed by atoms with E-state index in [2.05, 4.69) is 47.6 Å². The number of nitrogens with zero attached hydrogens (tertiary/aromatic N) is 4. The number of carbonyl (C=O) groups is 4. The van der Waals surface area contributed by atoms with E-state index in [0.717, 1.165) is 112 Å². The number of ether oxygens (including phenoxy) is 4. The summed E-state index contributed by atoms with van der Waals surface area (Å²) in [6, 6.07) is 15.5. The van der Waals surface area contributed by atoms with Crippen LogP contribution in [0.5, 0.6) is 0 Å². The van der Waals surface area contributed by atoms with Gasteiger partial charge >= 0.3 is 23.9 Å². The zero-order valence-corrected chi connectivity index (χ0v) is 51.6. The number of aromatic amines is 4. The Morgan fingerprint density at radius 1 is 0.341 bits per heavy atom. The van der Waals surface area contributed by atoms with Crippen molar-refractivity contribution in [1.82, 2.24) is 19.9 Å². The van der Waals surface area contributed by atoms with Crippen LogP contribution < -0.4 is 41.2 Å². The maximum Gasteiger partial charge on any atom is 0.306 e. The lowest BCUT2D eigenvalue weighted by Crippen LogP contribution is -2.36. The summed E-state index contributed by atoms with van der Waals surface area (Å²) in [5.41, 5.74) is 42.6. The highest BCUT2D eigenvalue weighted by atomic mass is 16.5. The number of fused-ring (bicyclic) bond motifs is 8. The SMILES string of the molecule is Cc1c2[nH]c(c1CCC(=O)OCc1cc[n+](CCN)cc1)Cc1[nH]c(c(CCC(=O)OCc3cc[n+](CCN)cc3)c1C)Cc1[nH]c(c(CCC(=O)OCc3cc[n+](CCN)cc3)c1C)Cc1[nH]c(c(C)c1CCC(=O)OCc1cc[n+](CCN)cc1)C2. The number of hydrogen-bond donors (Lipinski definition) is 8. The lowest BCUT2D eigenvalue weighted by Gasteiger charge is -2.09. The van der Waals surface area contributed by atoms with E-state index in [9.17, 15) is 19.2 Å². The third-order valence-corrected chi connectivity index (χ3v) is 17.0. The van der Waals surface area contributed by atoms with Gasteiger partial charge in [0.05, 0.1) is 26.2 Å². The van der Waals surface area contributed by atoms with Crippen LogP contribution in [0.2, 0.25) is 0 Å². The zero-order chi connectivity index (χ0) is 62.1. The molecule has 0 aliphatic carbocycles. The second-order valence-electron chi connectivity index (χ2n) is 23.0. The van der Waals surface area contributed by atoms with Crippen molar-refractivity contribution in [2.75, 3.05) is 26.2 Å². The van der Waals surface area contributed by atoms with E-state index in [4.69, 9.17) is 41.9 Å². The highest BCUT2D eigenvalue weighted by Crippen LogP contribution is 2.34. The Kier molecular flexibility index (Phi) is 22.4. The topological polar surface area (TPSA) is 288 Å². The molecule has 20 heteroatoms. The Labute approximate surface area is 515 Å². The first-order chi connectivity index (χ1) is 42.7. The van der Waals surface area contributed by atoms with E-state index < -0.39 is 0 Å². The van der Waals surface area contributed by atoms with Crippen molar-refractivity contribution in [3.05, 3.63) is 210 Å². The molecule has 0 unspecified atom stereocenters. The van der Waals surface area contributed by atoms with Crippen LogP contribution in [0.25, 0.3) is 0 Å². The van der Waals surface area contributed by atoms with Crippen LogP contribution in [0.4, 0.5) is 0 Å². The van der Waals surface area contributed by atoms with E-state index in [1.807, 2.05) is 116 Å². The Bertz CT molecular complexity index is 3650. The predicted octanol–water partition coefficient (Wildman–Crippen LogP) is 4.60. The molecule has 0 saturated carbocycles. The smallest absolute Gasteiger partial charge is 0.306 e. The van der Waals surface area contributed by atoms with E-state index in [0.29, 0.717) is 104 Å². The van der Waals surface area contributed by atoms with Gasteiger partial charge in [0.2, 0.25) is 0 Å². The Hall–Kier alpha value is -8.56. The van der Waals surface area contributed by atoms with Crippen LogP contribution in [-0.2, 0) is 142 Å². The van der Waals surface area contributed by atoms with E-state index >= 15 is 0 Å². The molecule has 0 atom stereocenters. The van der Waals surface area contributed by atoms with Crippen molar-refractivity contribution >= 4 is 23.9 Å². The van der Waals surface area contributed by atoms with Gasteiger partial charge in [-0.2, -0.15) is 0 Å². The first-order valence-corrected chi connectivity index (χ1v) is 30.8. The zero-order valence-electron chi connectivity index (χ0n) is 51.6. The number of rotatable bonds is 28. The molecule has 8 aromatic rings. The molecule has 8 aromatic heterocycles. The fourth-order valence-electron chi connectivity index (χ4n) is 11.8. The van der Waals surface area contributed by atoms with Gasteiger partial charge in [0.1, 0.15) is 26.4 Å². The van der Waals surface area contributed by atoms with Crippen molar-refractivity contribution in [2.24, 2.45) is 22.9 Å². The third kappa shape index (κ3) is 16.9. The summed E-state index contributed by atoms with van der Waals surface area (Å²) in [6.45, 7) is 13.9. The van der Waals surface area contributed by atoms with Crippen molar-refractivity contribution in [3.8, 4) is 0 Å². The predicted molar refractivity (Wildman–Crippen MR) is 329 cm³/mol. The molecule has 1 aliphatic heterocycles. The van der Waals surface area contributed by atoms with Crippen molar-refractivity contribution in [2.45, 2.75) is 157 Å². The van der Waals surface area contributed by atoms with E-state index in [-0.39, 0.29) is 76.0 Å². The number of hydrogen-bond acceptors (Lipinski definition) is 12. The molecular formula is C68H88N12O8+4. The van der Waals surface area contributed by atoms with E-state index in [1.165, 1.54) is 0 Å². The number of nitrogens with two attached hydrogens (primary N) is 4. The van der Waals surface area contributed by atoms with Crippen LogP contribution in [0, 0.1) is 27.7 Å². The normalized spacial score (nSPS) is 12.1.